The smallest absolute Gasteiger partial charge is 0.255 e. The van der Waals surface area contributed by atoms with Crippen molar-refractivity contribution in [2.24, 2.45) is 5.84 Å². The molecule has 9 nitrogen and oxygen atoms in total. The van der Waals surface area contributed by atoms with Gasteiger partial charge in [0.1, 0.15) is 0 Å². The summed E-state index contributed by atoms with van der Waals surface area (Å²) < 4.78 is 0.670. The van der Waals surface area contributed by atoms with Crippen LogP contribution in [0.4, 0.5) is 5.82 Å². The molecular weight excluding hydrogens is 316 g/mol. The minimum Gasteiger partial charge on any atom is -0.342 e. The van der Waals surface area contributed by atoms with Crippen molar-refractivity contribution in [2.75, 3.05) is 5.43 Å². The van der Waals surface area contributed by atoms with E-state index in [1.807, 2.05) is 0 Å². The lowest BCUT2D eigenvalue weighted by molar-refractivity contribution is 0.0938. The van der Waals surface area contributed by atoms with Crippen molar-refractivity contribution in [2.45, 2.75) is 13.0 Å². The molecule has 0 fully saturated rings. The van der Waals surface area contributed by atoms with E-state index in [4.69, 9.17) is 5.84 Å². The van der Waals surface area contributed by atoms with Gasteiger partial charge in [0.15, 0.2) is 11.6 Å². The molecule has 0 aliphatic carbocycles. The third-order valence-electron chi connectivity index (χ3n) is 2.33. The van der Waals surface area contributed by atoms with E-state index in [1.54, 1.807) is 13.0 Å². The summed E-state index contributed by atoms with van der Waals surface area (Å²) in [4.78, 5) is 16.1. The summed E-state index contributed by atoms with van der Waals surface area (Å²) in [5.74, 6) is 5.63. The summed E-state index contributed by atoms with van der Waals surface area (Å²) in [5.41, 5.74) is 2.68. The Labute approximate surface area is 116 Å². The third-order valence-corrected chi connectivity index (χ3v) is 2.77. The summed E-state index contributed by atoms with van der Waals surface area (Å²) >= 11 is 3.25. The maximum Gasteiger partial charge on any atom is 0.255 e. The number of rotatable bonds is 4. The highest BCUT2D eigenvalue weighted by Gasteiger charge is 2.18. The van der Waals surface area contributed by atoms with E-state index in [1.165, 1.54) is 6.20 Å². The molecule has 5 N–H and O–H groups in total. The topological polar surface area (TPSA) is 134 Å². The van der Waals surface area contributed by atoms with E-state index in [0.717, 1.165) is 0 Å². The van der Waals surface area contributed by atoms with Crippen LogP contribution < -0.4 is 16.6 Å². The van der Waals surface area contributed by atoms with Crippen LogP contribution >= 0.6 is 15.9 Å². The number of hydrazine groups is 1. The zero-order valence-electron chi connectivity index (χ0n) is 9.88. The quantitative estimate of drug-likeness (QED) is 0.463. The zero-order chi connectivity index (χ0) is 13.8. The van der Waals surface area contributed by atoms with Crippen molar-refractivity contribution in [3.63, 3.8) is 0 Å². The molecule has 0 aromatic carbocycles. The maximum absolute atomic E-state index is 12.1. The fraction of sp³-hybridized carbons (Fsp3) is 0.222. The molecule has 19 heavy (non-hydrogen) atoms. The second-order valence-electron chi connectivity index (χ2n) is 3.66. The predicted molar refractivity (Wildman–Crippen MR) is 69.8 cm³/mol. The van der Waals surface area contributed by atoms with Gasteiger partial charge in [-0.2, -0.15) is 5.21 Å². The normalized spacial score (nSPS) is 11.9. The Morgan fingerprint density at radius 2 is 2.37 bits per heavy atom. The number of nitrogens with two attached hydrogens (primary N) is 1. The standard InChI is InChI=1S/C9H11BrN8O/c1-4(7-15-17-18-16-7)13-9(19)6-2-5(10)3-12-8(6)14-11/h2-4H,11H2,1H3,(H,12,14)(H,13,19)(H,15,16,17,18). The molecule has 10 heteroatoms. The monoisotopic (exact) mass is 326 g/mol. The van der Waals surface area contributed by atoms with Gasteiger partial charge in [0.25, 0.3) is 5.91 Å². The van der Waals surface area contributed by atoms with Gasteiger partial charge in [-0.3, -0.25) is 4.79 Å². The average molecular weight is 327 g/mol. The maximum atomic E-state index is 12.1. The Hall–Kier alpha value is -2.07. The van der Waals surface area contributed by atoms with E-state index in [2.05, 4.69) is 52.3 Å². The first-order valence-electron chi connectivity index (χ1n) is 5.28. The predicted octanol–water partition coefficient (Wildman–Crippen LogP) is 0.134. The number of aromatic nitrogens is 5. The van der Waals surface area contributed by atoms with Gasteiger partial charge in [0, 0.05) is 10.7 Å². The van der Waals surface area contributed by atoms with E-state index in [9.17, 15) is 4.79 Å². The molecule has 1 amide bonds. The highest BCUT2D eigenvalue weighted by Crippen LogP contribution is 2.18. The van der Waals surface area contributed by atoms with Crippen molar-refractivity contribution in [1.82, 2.24) is 30.9 Å². The fourth-order valence-electron chi connectivity index (χ4n) is 1.42. The number of tetrazole rings is 1. The lowest BCUT2D eigenvalue weighted by Crippen LogP contribution is -2.29. The van der Waals surface area contributed by atoms with E-state index < -0.39 is 6.04 Å². The second kappa shape index (κ2) is 5.71. The Morgan fingerprint density at radius 1 is 1.58 bits per heavy atom. The van der Waals surface area contributed by atoms with Gasteiger partial charge in [-0.15, -0.1) is 10.2 Å². The van der Waals surface area contributed by atoms with E-state index in [-0.39, 0.29) is 11.7 Å². The highest BCUT2D eigenvalue weighted by atomic mass is 79.9. The van der Waals surface area contributed by atoms with Crippen LogP contribution in [0.5, 0.6) is 0 Å². The largest absolute Gasteiger partial charge is 0.342 e. The molecule has 2 aromatic heterocycles. The number of nitrogen functional groups attached to an aromatic ring is 1. The molecule has 0 radical (unpaired) electrons. The molecule has 0 aliphatic rings. The minimum atomic E-state index is -0.393. The number of carbonyl (C=O) groups excluding carboxylic acids is 1. The first-order valence-corrected chi connectivity index (χ1v) is 6.07. The number of halogens is 1. The second-order valence-corrected chi connectivity index (χ2v) is 4.57. The number of nitrogens with zero attached hydrogens (tertiary/aromatic N) is 4. The Morgan fingerprint density at radius 3 is 3.00 bits per heavy atom. The van der Waals surface area contributed by atoms with Crippen LogP contribution in [0.3, 0.4) is 0 Å². The Balaban J connectivity index is 2.18. The van der Waals surface area contributed by atoms with Crippen molar-refractivity contribution in [3.05, 3.63) is 28.1 Å². The molecule has 1 unspecified atom stereocenters. The molecule has 0 spiro atoms. The summed E-state index contributed by atoms with van der Waals surface area (Å²) in [6.07, 6.45) is 1.54. The van der Waals surface area contributed by atoms with Gasteiger partial charge in [-0.1, -0.05) is 5.21 Å². The summed E-state index contributed by atoms with van der Waals surface area (Å²) in [6.45, 7) is 1.74. The highest BCUT2D eigenvalue weighted by molar-refractivity contribution is 9.10. The number of hydrogen-bond donors (Lipinski definition) is 4. The summed E-state index contributed by atoms with van der Waals surface area (Å²) in [6, 6.07) is 1.22. The molecule has 1 atom stereocenters. The van der Waals surface area contributed by atoms with Crippen LogP contribution in [-0.4, -0.2) is 31.5 Å². The van der Waals surface area contributed by atoms with Crippen molar-refractivity contribution in [1.29, 1.82) is 0 Å². The number of anilines is 1. The first kappa shape index (κ1) is 13.4. The molecule has 0 aliphatic heterocycles. The first-order chi connectivity index (χ1) is 9.11. The number of nitrogens with one attached hydrogen (secondary N) is 3. The summed E-state index contributed by atoms with van der Waals surface area (Å²) in [5, 5.41) is 16.1. The van der Waals surface area contributed by atoms with E-state index >= 15 is 0 Å². The van der Waals surface area contributed by atoms with Crippen LogP contribution in [0, 0.1) is 0 Å². The fourth-order valence-corrected chi connectivity index (χ4v) is 1.75. The van der Waals surface area contributed by atoms with Crippen LogP contribution in [0.25, 0.3) is 0 Å². The molecule has 2 heterocycles. The lowest BCUT2D eigenvalue weighted by atomic mass is 10.2. The van der Waals surface area contributed by atoms with Crippen LogP contribution in [-0.2, 0) is 0 Å². The van der Waals surface area contributed by atoms with Crippen LogP contribution in [0.15, 0.2) is 16.7 Å². The van der Waals surface area contributed by atoms with Gasteiger partial charge in [0.05, 0.1) is 11.6 Å². The number of amides is 1. The average Bonchev–Trinajstić information content (AvgIpc) is 2.92. The molecule has 2 aromatic rings. The third kappa shape index (κ3) is 3.03. The van der Waals surface area contributed by atoms with Gasteiger partial charge in [-0.05, 0) is 28.9 Å². The van der Waals surface area contributed by atoms with Crippen molar-refractivity contribution < 1.29 is 4.79 Å². The van der Waals surface area contributed by atoms with Crippen LogP contribution in [0.2, 0.25) is 0 Å². The van der Waals surface area contributed by atoms with E-state index in [0.29, 0.717) is 15.9 Å². The molecule has 100 valence electrons. The zero-order valence-corrected chi connectivity index (χ0v) is 11.5. The van der Waals surface area contributed by atoms with Crippen LogP contribution in [0.1, 0.15) is 29.1 Å². The van der Waals surface area contributed by atoms with Gasteiger partial charge >= 0.3 is 0 Å². The number of hydrogen-bond acceptors (Lipinski definition) is 7. The number of H-pyrrole nitrogens is 1. The van der Waals surface area contributed by atoms with Gasteiger partial charge in [-0.25, -0.2) is 10.8 Å². The molecule has 0 saturated carbocycles. The lowest BCUT2D eigenvalue weighted by Gasteiger charge is -2.12. The molecule has 0 bridgehead atoms. The van der Waals surface area contributed by atoms with Gasteiger partial charge < -0.3 is 10.7 Å². The SMILES string of the molecule is CC(NC(=O)c1cc(Br)cnc1NN)c1nn[nH]n1. The van der Waals surface area contributed by atoms with Crippen molar-refractivity contribution in [3.8, 4) is 0 Å². The van der Waals surface area contributed by atoms with Crippen molar-refractivity contribution >= 4 is 27.7 Å². The number of carbonyl (C=O) groups is 1. The molecule has 0 saturated heterocycles. The minimum absolute atomic E-state index is 0.279. The van der Waals surface area contributed by atoms with Gasteiger partial charge in [0.2, 0.25) is 0 Å². The molecule has 2 rings (SSSR count). The Kier molecular flexibility index (Phi) is 4.02. The number of aromatic amines is 1. The summed E-state index contributed by atoms with van der Waals surface area (Å²) in [7, 11) is 0. The number of pyridine rings is 1. The Bertz CT molecular complexity index is 572. The molecular formula is C9H11BrN8O.